The van der Waals surface area contributed by atoms with Crippen LogP contribution in [-0.4, -0.2) is 63.6 Å². The summed E-state index contributed by atoms with van der Waals surface area (Å²) in [5.41, 5.74) is 4.02. The number of methoxy groups -OCH3 is 1. The van der Waals surface area contributed by atoms with E-state index in [2.05, 4.69) is 22.3 Å². The van der Waals surface area contributed by atoms with Crippen molar-refractivity contribution in [1.82, 2.24) is 24.4 Å². The molecular weight excluding hydrogens is 573 g/mol. The fourth-order valence-electron chi connectivity index (χ4n) is 5.06. The van der Waals surface area contributed by atoms with Gasteiger partial charge in [-0.3, -0.25) is 4.79 Å². The van der Waals surface area contributed by atoms with Gasteiger partial charge in [-0.1, -0.05) is 71.7 Å². The first-order valence-electron chi connectivity index (χ1n) is 13.6. The van der Waals surface area contributed by atoms with Crippen LogP contribution in [0.15, 0.2) is 79.1 Å². The van der Waals surface area contributed by atoms with Gasteiger partial charge < -0.3 is 24.4 Å². The van der Waals surface area contributed by atoms with Crippen LogP contribution in [0.3, 0.4) is 0 Å². The van der Waals surface area contributed by atoms with E-state index in [0.717, 1.165) is 22.5 Å². The number of rotatable bonds is 8. The number of halogens is 2. The van der Waals surface area contributed by atoms with Gasteiger partial charge in [-0.25, -0.2) is 4.98 Å². The highest BCUT2D eigenvalue weighted by atomic mass is 35.5. The Bertz CT molecular complexity index is 1720. The van der Waals surface area contributed by atoms with Crippen molar-refractivity contribution in [3.63, 3.8) is 0 Å². The molecule has 11 heteroatoms. The van der Waals surface area contributed by atoms with Crippen molar-refractivity contribution in [3.8, 4) is 5.75 Å². The predicted molar refractivity (Wildman–Crippen MR) is 166 cm³/mol. The maximum Gasteiger partial charge on any atom is 0.255 e. The zero-order valence-electron chi connectivity index (χ0n) is 23.0. The number of aromatic nitrogens is 4. The van der Waals surface area contributed by atoms with Crippen LogP contribution >= 0.6 is 23.2 Å². The number of imidazole rings is 1. The van der Waals surface area contributed by atoms with Crippen LogP contribution in [0.25, 0.3) is 11.2 Å². The Labute approximate surface area is 253 Å². The molecule has 1 N–H and O–H groups in total. The van der Waals surface area contributed by atoms with Gasteiger partial charge in [-0.2, -0.15) is 9.97 Å². The van der Waals surface area contributed by atoms with Gasteiger partial charge in [0.15, 0.2) is 17.0 Å². The van der Waals surface area contributed by atoms with Crippen molar-refractivity contribution in [2.75, 3.05) is 43.5 Å². The van der Waals surface area contributed by atoms with Gasteiger partial charge in [0.25, 0.3) is 5.91 Å². The number of hydrogen-bond donors (Lipinski definition) is 1. The van der Waals surface area contributed by atoms with Crippen LogP contribution in [-0.2, 0) is 13.1 Å². The molecule has 3 aromatic carbocycles. The molecule has 1 amide bonds. The molecule has 0 unspecified atom stereocenters. The Morgan fingerprint density at radius 3 is 2.48 bits per heavy atom. The molecule has 6 rings (SSSR count). The van der Waals surface area contributed by atoms with Crippen molar-refractivity contribution in [2.24, 2.45) is 0 Å². The second kappa shape index (κ2) is 12.3. The van der Waals surface area contributed by atoms with Crippen molar-refractivity contribution >= 4 is 52.0 Å². The summed E-state index contributed by atoms with van der Waals surface area (Å²) >= 11 is 12.3. The summed E-state index contributed by atoms with van der Waals surface area (Å²) in [6.07, 6.45) is 1.80. The molecule has 0 radical (unpaired) electrons. The lowest BCUT2D eigenvalue weighted by atomic mass is 10.2. The van der Waals surface area contributed by atoms with Crippen molar-refractivity contribution < 1.29 is 9.53 Å². The summed E-state index contributed by atoms with van der Waals surface area (Å²) in [4.78, 5) is 31.6. The number of hydrogen-bond acceptors (Lipinski definition) is 7. The van der Waals surface area contributed by atoms with Crippen LogP contribution in [0.2, 0.25) is 10.0 Å². The SMILES string of the molecule is COc1ccccc1CNc1nc(N2CCN(C(=O)c3ccc(Cl)cc3Cl)CC2)nc2c1ncn2Cc1ccccc1. The molecule has 42 heavy (non-hydrogen) atoms. The normalized spacial score (nSPS) is 13.4. The molecule has 9 nitrogen and oxygen atoms in total. The number of amides is 1. The molecule has 0 bridgehead atoms. The van der Waals surface area contributed by atoms with Crippen LogP contribution in [0, 0.1) is 0 Å². The number of ether oxygens (including phenoxy) is 1. The van der Waals surface area contributed by atoms with Crippen molar-refractivity contribution in [2.45, 2.75) is 13.1 Å². The fraction of sp³-hybridized carbons (Fsp3) is 0.226. The third-order valence-corrected chi connectivity index (χ3v) is 7.85. The summed E-state index contributed by atoms with van der Waals surface area (Å²) in [5.74, 6) is 1.90. The first kappa shape index (κ1) is 27.8. The van der Waals surface area contributed by atoms with Gasteiger partial charge in [0.2, 0.25) is 5.95 Å². The average molecular weight is 603 g/mol. The Morgan fingerprint density at radius 2 is 1.71 bits per heavy atom. The Morgan fingerprint density at radius 1 is 0.952 bits per heavy atom. The number of carbonyl (C=O) groups is 1. The topological polar surface area (TPSA) is 88.4 Å². The summed E-state index contributed by atoms with van der Waals surface area (Å²) in [6, 6.07) is 23.0. The van der Waals surface area contributed by atoms with E-state index in [1.54, 1.807) is 36.5 Å². The third kappa shape index (κ3) is 5.84. The number of benzene rings is 3. The Kier molecular flexibility index (Phi) is 8.12. The van der Waals surface area contributed by atoms with Crippen molar-refractivity contribution in [3.05, 3.63) is 106 Å². The smallest absolute Gasteiger partial charge is 0.255 e. The maximum absolute atomic E-state index is 13.2. The van der Waals surface area contributed by atoms with Gasteiger partial charge in [0, 0.05) is 43.3 Å². The number of para-hydroxylation sites is 1. The summed E-state index contributed by atoms with van der Waals surface area (Å²) in [7, 11) is 1.66. The second-order valence-corrected chi connectivity index (χ2v) is 10.8. The van der Waals surface area contributed by atoms with Crippen LogP contribution in [0.5, 0.6) is 5.75 Å². The summed E-state index contributed by atoms with van der Waals surface area (Å²) in [5, 5.41) is 4.32. The number of fused-ring (bicyclic) bond motifs is 1. The van der Waals surface area contributed by atoms with Crippen LogP contribution in [0.4, 0.5) is 11.8 Å². The zero-order valence-corrected chi connectivity index (χ0v) is 24.5. The lowest BCUT2D eigenvalue weighted by molar-refractivity contribution is 0.0746. The van der Waals surface area contributed by atoms with E-state index in [-0.39, 0.29) is 5.91 Å². The van der Waals surface area contributed by atoms with Gasteiger partial charge in [0.1, 0.15) is 5.75 Å². The standard InChI is InChI=1S/C31H29Cl2N7O2/c1-42-26-10-6-5-9-22(26)18-34-28-27-29(40(20-35-27)19-21-7-3-2-4-8-21)37-31(36-28)39-15-13-38(14-16-39)30(41)24-12-11-23(32)17-25(24)33/h2-12,17,20H,13-16,18-19H2,1H3,(H,34,36,37). The highest BCUT2D eigenvalue weighted by molar-refractivity contribution is 6.36. The largest absolute Gasteiger partial charge is 0.496 e. The minimum atomic E-state index is -0.118. The number of piperazine rings is 1. The van der Waals surface area contributed by atoms with Gasteiger partial charge >= 0.3 is 0 Å². The molecule has 1 aliphatic heterocycles. The lowest BCUT2D eigenvalue weighted by Gasteiger charge is -2.35. The molecule has 2 aromatic heterocycles. The second-order valence-electron chi connectivity index (χ2n) is 9.97. The summed E-state index contributed by atoms with van der Waals surface area (Å²) in [6.45, 7) is 3.29. The molecule has 0 spiro atoms. The van der Waals surface area contributed by atoms with Crippen molar-refractivity contribution in [1.29, 1.82) is 0 Å². The molecule has 0 atom stereocenters. The van der Waals surface area contributed by atoms with Gasteiger partial charge in [-0.05, 0) is 29.8 Å². The minimum Gasteiger partial charge on any atom is -0.496 e. The molecule has 3 heterocycles. The Hall–Kier alpha value is -4.34. The zero-order chi connectivity index (χ0) is 29.1. The lowest BCUT2D eigenvalue weighted by Crippen LogP contribution is -2.49. The highest BCUT2D eigenvalue weighted by Gasteiger charge is 2.26. The number of nitrogens with zero attached hydrogens (tertiary/aromatic N) is 6. The minimum absolute atomic E-state index is 0.118. The van der Waals surface area contributed by atoms with E-state index < -0.39 is 0 Å². The van der Waals surface area contributed by atoms with E-state index >= 15 is 0 Å². The van der Waals surface area contributed by atoms with E-state index in [4.69, 9.17) is 42.9 Å². The van der Waals surface area contributed by atoms with E-state index in [1.807, 2.05) is 47.0 Å². The predicted octanol–water partition coefficient (Wildman–Crippen LogP) is 5.76. The molecule has 1 saturated heterocycles. The van der Waals surface area contributed by atoms with Gasteiger partial charge in [0.05, 0.1) is 30.6 Å². The van der Waals surface area contributed by atoms with Gasteiger partial charge in [-0.15, -0.1) is 0 Å². The van der Waals surface area contributed by atoms with Crippen LogP contribution < -0.4 is 15.0 Å². The molecule has 0 saturated carbocycles. The molecule has 214 valence electrons. The Balaban J connectivity index is 1.27. The maximum atomic E-state index is 13.2. The van der Waals surface area contributed by atoms with E-state index in [0.29, 0.717) is 72.2 Å². The van der Waals surface area contributed by atoms with Crippen LogP contribution in [0.1, 0.15) is 21.5 Å². The fourth-order valence-corrected chi connectivity index (χ4v) is 5.55. The third-order valence-electron chi connectivity index (χ3n) is 7.30. The molecular formula is C31H29Cl2N7O2. The molecule has 5 aromatic rings. The van der Waals surface area contributed by atoms with E-state index in [9.17, 15) is 4.79 Å². The molecule has 1 aliphatic rings. The number of carbonyl (C=O) groups excluding carboxylic acids is 1. The first-order chi connectivity index (χ1) is 20.5. The van der Waals surface area contributed by atoms with E-state index in [1.165, 1.54) is 0 Å². The monoisotopic (exact) mass is 601 g/mol. The highest BCUT2D eigenvalue weighted by Crippen LogP contribution is 2.27. The quantitative estimate of drug-likeness (QED) is 0.242. The average Bonchev–Trinajstić information content (AvgIpc) is 3.42. The first-order valence-corrected chi connectivity index (χ1v) is 14.4. The number of anilines is 2. The summed E-state index contributed by atoms with van der Waals surface area (Å²) < 4.78 is 7.57. The molecule has 1 fully saturated rings. The number of nitrogens with one attached hydrogen (secondary N) is 1. The molecule has 0 aliphatic carbocycles.